The fourth-order valence-electron chi connectivity index (χ4n) is 2.00. The van der Waals surface area contributed by atoms with Gasteiger partial charge >= 0.3 is 0 Å². The quantitative estimate of drug-likeness (QED) is 0.928. The van der Waals surface area contributed by atoms with E-state index in [1.165, 1.54) is 27.5 Å². The van der Waals surface area contributed by atoms with Crippen LogP contribution in [0.25, 0.3) is 11.3 Å². The number of aromatic nitrogens is 2. The van der Waals surface area contributed by atoms with Crippen molar-refractivity contribution >= 4 is 11.5 Å². The molecule has 0 aliphatic carbocycles. The monoisotopic (exact) mass is 275 g/mol. The topological polar surface area (TPSA) is 37.8 Å². The molecule has 3 nitrogen and oxygen atoms in total. The molecule has 0 bridgehead atoms. The summed E-state index contributed by atoms with van der Waals surface area (Å²) in [6.07, 6.45) is 0. The third kappa shape index (κ3) is 3.85. The summed E-state index contributed by atoms with van der Waals surface area (Å²) >= 11 is 1.47. The lowest BCUT2D eigenvalue weighted by molar-refractivity contribution is 0.426. The van der Waals surface area contributed by atoms with E-state index in [0.717, 1.165) is 17.8 Å². The van der Waals surface area contributed by atoms with E-state index in [0.29, 0.717) is 0 Å². The molecule has 0 saturated heterocycles. The van der Waals surface area contributed by atoms with Gasteiger partial charge in [0, 0.05) is 17.6 Å². The van der Waals surface area contributed by atoms with Gasteiger partial charge in [-0.05, 0) is 58.3 Å². The van der Waals surface area contributed by atoms with Gasteiger partial charge in [0.2, 0.25) is 0 Å². The van der Waals surface area contributed by atoms with Gasteiger partial charge < -0.3 is 5.32 Å². The molecule has 1 heterocycles. The predicted octanol–water partition coefficient (Wildman–Crippen LogP) is 3.71. The Balaban J connectivity index is 2.28. The lowest BCUT2D eigenvalue weighted by atomic mass is 10.0. The second-order valence-corrected chi connectivity index (χ2v) is 6.86. The Morgan fingerprint density at radius 3 is 2.32 bits per heavy atom. The van der Waals surface area contributed by atoms with E-state index in [4.69, 9.17) is 0 Å². The molecule has 4 heteroatoms. The Hall–Kier alpha value is -1.26. The van der Waals surface area contributed by atoms with Crippen LogP contribution < -0.4 is 5.32 Å². The first-order valence-corrected chi connectivity index (χ1v) is 7.27. The van der Waals surface area contributed by atoms with Gasteiger partial charge in [0.25, 0.3) is 0 Å². The summed E-state index contributed by atoms with van der Waals surface area (Å²) in [6, 6.07) is 6.52. The third-order valence-electron chi connectivity index (χ3n) is 2.83. The van der Waals surface area contributed by atoms with Gasteiger partial charge in [-0.2, -0.15) is 0 Å². The van der Waals surface area contributed by atoms with Crippen LogP contribution >= 0.6 is 11.5 Å². The van der Waals surface area contributed by atoms with Gasteiger partial charge in [0.15, 0.2) is 0 Å². The van der Waals surface area contributed by atoms with E-state index in [9.17, 15) is 0 Å². The average molecular weight is 275 g/mol. The van der Waals surface area contributed by atoms with Crippen LogP contribution in [0, 0.1) is 13.8 Å². The first-order valence-electron chi connectivity index (χ1n) is 6.50. The lowest BCUT2D eigenvalue weighted by Gasteiger charge is -2.20. The maximum atomic E-state index is 4.30. The maximum absolute atomic E-state index is 4.30. The standard InChI is InChI=1S/C15H21N3S/c1-10-6-11(2)8-12(7-10)14-13(19-18-17-14)9-16-15(3,4)5/h6-8,16H,9H2,1-5H3. The van der Waals surface area contributed by atoms with Crippen LogP contribution in [0.4, 0.5) is 0 Å². The second-order valence-electron chi connectivity index (χ2n) is 6.02. The van der Waals surface area contributed by atoms with E-state index in [-0.39, 0.29) is 5.54 Å². The van der Waals surface area contributed by atoms with E-state index < -0.39 is 0 Å². The third-order valence-corrected chi connectivity index (χ3v) is 3.55. The van der Waals surface area contributed by atoms with Crippen molar-refractivity contribution in [2.24, 2.45) is 0 Å². The highest BCUT2D eigenvalue weighted by molar-refractivity contribution is 7.05. The Bertz CT molecular complexity index is 547. The zero-order chi connectivity index (χ0) is 14.0. The van der Waals surface area contributed by atoms with Crippen molar-refractivity contribution in [3.8, 4) is 11.3 Å². The van der Waals surface area contributed by atoms with Gasteiger partial charge in [-0.3, -0.25) is 0 Å². The van der Waals surface area contributed by atoms with E-state index in [1.807, 2.05) is 0 Å². The molecule has 0 amide bonds. The van der Waals surface area contributed by atoms with Gasteiger partial charge in [0.1, 0.15) is 5.69 Å². The molecule has 0 fully saturated rings. The molecule has 0 saturated carbocycles. The Morgan fingerprint density at radius 1 is 1.11 bits per heavy atom. The van der Waals surface area contributed by atoms with Crippen LogP contribution in [0.15, 0.2) is 18.2 Å². The Kier molecular flexibility index (Phi) is 4.02. The largest absolute Gasteiger partial charge is 0.307 e. The zero-order valence-corrected chi connectivity index (χ0v) is 13.1. The van der Waals surface area contributed by atoms with Crippen LogP contribution in [-0.2, 0) is 6.54 Å². The fraction of sp³-hybridized carbons (Fsp3) is 0.467. The average Bonchev–Trinajstić information content (AvgIpc) is 2.72. The normalized spacial score (nSPS) is 11.8. The Labute approximate surface area is 119 Å². The summed E-state index contributed by atoms with van der Waals surface area (Å²) in [7, 11) is 0. The molecular formula is C15H21N3S. The van der Waals surface area contributed by atoms with E-state index >= 15 is 0 Å². The van der Waals surface area contributed by atoms with Crippen molar-refractivity contribution in [2.75, 3.05) is 0 Å². The predicted molar refractivity (Wildman–Crippen MR) is 81.4 cm³/mol. The van der Waals surface area contributed by atoms with Crippen LogP contribution in [0.5, 0.6) is 0 Å². The Morgan fingerprint density at radius 2 is 1.74 bits per heavy atom. The minimum Gasteiger partial charge on any atom is -0.307 e. The number of hydrogen-bond donors (Lipinski definition) is 1. The first kappa shape index (κ1) is 14.2. The molecule has 0 aliphatic rings. The number of hydrogen-bond acceptors (Lipinski definition) is 4. The van der Waals surface area contributed by atoms with E-state index in [2.05, 4.69) is 67.7 Å². The number of aryl methyl sites for hydroxylation is 2. The van der Waals surface area contributed by atoms with Gasteiger partial charge in [0.05, 0.1) is 4.88 Å². The summed E-state index contributed by atoms with van der Waals surface area (Å²) in [4.78, 5) is 1.19. The molecule has 0 radical (unpaired) electrons. The smallest absolute Gasteiger partial charge is 0.110 e. The van der Waals surface area contributed by atoms with Crippen molar-refractivity contribution in [1.29, 1.82) is 0 Å². The summed E-state index contributed by atoms with van der Waals surface area (Å²) < 4.78 is 4.11. The summed E-state index contributed by atoms with van der Waals surface area (Å²) in [5.74, 6) is 0. The fourth-order valence-corrected chi connectivity index (χ4v) is 2.60. The second kappa shape index (κ2) is 5.39. The van der Waals surface area contributed by atoms with Crippen molar-refractivity contribution in [3.63, 3.8) is 0 Å². The summed E-state index contributed by atoms with van der Waals surface area (Å²) in [6.45, 7) is 11.5. The summed E-state index contributed by atoms with van der Waals surface area (Å²) in [5, 5.41) is 7.79. The minimum atomic E-state index is 0.101. The molecule has 102 valence electrons. The van der Waals surface area contributed by atoms with Crippen molar-refractivity contribution in [1.82, 2.24) is 14.9 Å². The summed E-state index contributed by atoms with van der Waals surface area (Å²) in [5.41, 5.74) is 4.80. The molecule has 0 aliphatic heterocycles. The minimum absolute atomic E-state index is 0.101. The number of benzene rings is 1. The molecule has 1 aromatic heterocycles. The number of nitrogens with one attached hydrogen (secondary N) is 1. The zero-order valence-electron chi connectivity index (χ0n) is 12.2. The van der Waals surface area contributed by atoms with Crippen LogP contribution in [0.3, 0.4) is 0 Å². The molecule has 2 aromatic rings. The highest BCUT2D eigenvalue weighted by atomic mass is 32.1. The highest BCUT2D eigenvalue weighted by Crippen LogP contribution is 2.26. The highest BCUT2D eigenvalue weighted by Gasteiger charge is 2.14. The van der Waals surface area contributed by atoms with Crippen LogP contribution in [0.1, 0.15) is 36.8 Å². The number of rotatable bonds is 3. The first-order chi connectivity index (χ1) is 8.85. The molecule has 0 unspecified atom stereocenters. The van der Waals surface area contributed by atoms with Gasteiger partial charge in [-0.15, -0.1) is 5.10 Å². The van der Waals surface area contributed by atoms with Crippen molar-refractivity contribution in [2.45, 2.75) is 46.7 Å². The molecule has 0 spiro atoms. The van der Waals surface area contributed by atoms with Crippen LogP contribution in [0.2, 0.25) is 0 Å². The van der Waals surface area contributed by atoms with Gasteiger partial charge in [-0.1, -0.05) is 21.7 Å². The molecule has 1 aromatic carbocycles. The SMILES string of the molecule is Cc1cc(C)cc(-c2nnsc2CNC(C)(C)C)c1. The van der Waals surface area contributed by atoms with E-state index in [1.54, 1.807) is 0 Å². The molecule has 2 rings (SSSR count). The molecule has 19 heavy (non-hydrogen) atoms. The van der Waals surface area contributed by atoms with Crippen LogP contribution in [-0.4, -0.2) is 15.1 Å². The van der Waals surface area contributed by atoms with Crippen molar-refractivity contribution in [3.05, 3.63) is 34.2 Å². The van der Waals surface area contributed by atoms with Gasteiger partial charge in [-0.25, -0.2) is 0 Å². The maximum Gasteiger partial charge on any atom is 0.110 e. The number of nitrogens with zero attached hydrogens (tertiary/aromatic N) is 2. The molecule has 0 atom stereocenters. The van der Waals surface area contributed by atoms with Crippen molar-refractivity contribution < 1.29 is 0 Å². The lowest BCUT2D eigenvalue weighted by Crippen LogP contribution is -2.34. The molecular weight excluding hydrogens is 254 g/mol. The molecule has 1 N–H and O–H groups in total.